The molecule has 0 radical (unpaired) electrons. The van der Waals surface area contributed by atoms with Gasteiger partial charge in [0, 0.05) is 39.5 Å². The standard InChI is InChI=1S/C24H22ClNO4/c1-12-5-6-16(9-20(12)25)26-23(27)8-7-17-14(3)19-10-18-13(2)15(4)29-21(18)11-22(19)30-24(17)28/h5-6,9-11H,7-8H2,1-4H3,(H,26,27). The fraction of sp³-hybridized carbons (Fsp3) is 0.250. The van der Waals surface area contributed by atoms with Gasteiger partial charge in [-0.25, -0.2) is 4.79 Å². The summed E-state index contributed by atoms with van der Waals surface area (Å²) in [5.74, 6) is 0.652. The van der Waals surface area contributed by atoms with Crippen molar-refractivity contribution in [3.8, 4) is 0 Å². The van der Waals surface area contributed by atoms with E-state index in [2.05, 4.69) is 5.32 Å². The molecule has 2 aromatic heterocycles. The van der Waals surface area contributed by atoms with Crippen molar-refractivity contribution in [3.63, 3.8) is 0 Å². The minimum absolute atomic E-state index is 0.161. The molecular weight excluding hydrogens is 402 g/mol. The number of aryl methyl sites for hydroxylation is 4. The number of halogens is 1. The van der Waals surface area contributed by atoms with Crippen molar-refractivity contribution in [2.45, 2.75) is 40.5 Å². The Balaban J connectivity index is 1.61. The molecule has 0 unspecified atom stereocenters. The van der Waals surface area contributed by atoms with Gasteiger partial charge < -0.3 is 14.2 Å². The van der Waals surface area contributed by atoms with Crippen molar-refractivity contribution in [2.24, 2.45) is 0 Å². The SMILES string of the molecule is Cc1ccc(NC(=O)CCc2c(C)c3cc4c(C)c(C)oc4cc3oc2=O)cc1Cl. The zero-order valence-corrected chi connectivity index (χ0v) is 18.1. The summed E-state index contributed by atoms with van der Waals surface area (Å²) in [5.41, 5.74) is 4.73. The highest BCUT2D eigenvalue weighted by molar-refractivity contribution is 6.31. The van der Waals surface area contributed by atoms with E-state index in [1.807, 2.05) is 39.8 Å². The molecule has 0 aliphatic heterocycles. The van der Waals surface area contributed by atoms with Gasteiger partial charge in [-0.1, -0.05) is 17.7 Å². The van der Waals surface area contributed by atoms with E-state index < -0.39 is 5.63 Å². The quantitative estimate of drug-likeness (QED) is 0.409. The number of carbonyl (C=O) groups is 1. The number of amides is 1. The van der Waals surface area contributed by atoms with Crippen LogP contribution in [-0.2, 0) is 11.2 Å². The molecule has 154 valence electrons. The van der Waals surface area contributed by atoms with E-state index in [-0.39, 0.29) is 18.7 Å². The molecule has 4 aromatic rings. The van der Waals surface area contributed by atoms with E-state index in [1.165, 1.54) is 0 Å². The summed E-state index contributed by atoms with van der Waals surface area (Å²) < 4.78 is 11.3. The van der Waals surface area contributed by atoms with Crippen LogP contribution in [0.2, 0.25) is 5.02 Å². The van der Waals surface area contributed by atoms with E-state index in [9.17, 15) is 9.59 Å². The largest absolute Gasteiger partial charge is 0.461 e. The van der Waals surface area contributed by atoms with Crippen molar-refractivity contribution < 1.29 is 13.6 Å². The average molecular weight is 424 g/mol. The second kappa shape index (κ2) is 7.65. The van der Waals surface area contributed by atoms with Gasteiger partial charge in [-0.3, -0.25) is 4.79 Å². The Morgan fingerprint density at radius 1 is 0.967 bits per heavy atom. The summed E-state index contributed by atoms with van der Waals surface area (Å²) in [4.78, 5) is 25.0. The third kappa shape index (κ3) is 3.61. The van der Waals surface area contributed by atoms with Gasteiger partial charge in [-0.05, 0) is 69.0 Å². The van der Waals surface area contributed by atoms with Crippen LogP contribution in [0.4, 0.5) is 5.69 Å². The number of hydrogen-bond donors (Lipinski definition) is 1. The minimum Gasteiger partial charge on any atom is -0.461 e. The zero-order valence-electron chi connectivity index (χ0n) is 17.3. The third-order valence-corrected chi connectivity index (χ3v) is 6.05. The first-order chi connectivity index (χ1) is 14.2. The summed E-state index contributed by atoms with van der Waals surface area (Å²) in [7, 11) is 0. The molecule has 0 aliphatic carbocycles. The minimum atomic E-state index is -0.425. The van der Waals surface area contributed by atoms with Crippen LogP contribution in [0, 0.1) is 27.7 Å². The molecule has 0 fully saturated rings. The molecule has 30 heavy (non-hydrogen) atoms. The lowest BCUT2D eigenvalue weighted by Gasteiger charge is -2.09. The van der Waals surface area contributed by atoms with Crippen LogP contribution < -0.4 is 10.9 Å². The second-order valence-corrected chi connectivity index (χ2v) is 8.04. The van der Waals surface area contributed by atoms with E-state index in [0.717, 1.165) is 33.2 Å². The summed E-state index contributed by atoms with van der Waals surface area (Å²) in [6.45, 7) is 7.70. The molecule has 5 nitrogen and oxygen atoms in total. The van der Waals surface area contributed by atoms with Crippen molar-refractivity contribution in [3.05, 3.63) is 73.8 Å². The van der Waals surface area contributed by atoms with Gasteiger partial charge in [0.15, 0.2) is 0 Å². The Labute approximate surface area is 178 Å². The number of fused-ring (bicyclic) bond motifs is 2. The smallest absolute Gasteiger partial charge is 0.339 e. The highest BCUT2D eigenvalue weighted by Gasteiger charge is 2.16. The van der Waals surface area contributed by atoms with Gasteiger partial charge in [-0.15, -0.1) is 0 Å². The summed E-state index contributed by atoms with van der Waals surface area (Å²) in [6, 6.07) is 9.11. The maximum atomic E-state index is 12.6. The lowest BCUT2D eigenvalue weighted by molar-refractivity contribution is -0.116. The van der Waals surface area contributed by atoms with Gasteiger partial charge >= 0.3 is 5.63 Å². The molecule has 2 heterocycles. The van der Waals surface area contributed by atoms with Crippen LogP contribution >= 0.6 is 11.6 Å². The first-order valence-electron chi connectivity index (χ1n) is 9.76. The predicted octanol–water partition coefficient (Wildman–Crippen LogP) is 6.00. The van der Waals surface area contributed by atoms with Crippen LogP contribution in [0.25, 0.3) is 21.9 Å². The molecule has 2 aromatic carbocycles. The van der Waals surface area contributed by atoms with Crippen molar-refractivity contribution in [2.75, 3.05) is 5.32 Å². The Hall–Kier alpha value is -3.05. The van der Waals surface area contributed by atoms with Crippen LogP contribution in [0.1, 0.15) is 34.4 Å². The van der Waals surface area contributed by atoms with E-state index >= 15 is 0 Å². The molecule has 1 amide bonds. The number of anilines is 1. The molecule has 4 rings (SSSR count). The molecule has 6 heteroatoms. The van der Waals surface area contributed by atoms with E-state index in [4.69, 9.17) is 20.4 Å². The number of rotatable bonds is 4. The van der Waals surface area contributed by atoms with Gasteiger partial charge in [0.05, 0.1) is 0 Å². The van der Waals surface area contributed by atoms with Crippen molar-refractivity contribution in [1.82, 2.24) is 0 Å². The van der Waals surface area contributed by atoms with E-state index in [0.29, 0.717) is 27.4 Å². The molecule has 1 N–H and O–H groups in total. The first-order valence-corrected chi connectivity index (χ1v) is 10.1. The average Bonchev–Trinajstić information content (AvgIpc) is 2.96. The predicted molar refractivity (Wildman–Crippen MR) is 120 cm³/mol. The van der Waals surface area contributed by atoms with Gasteiger partial charge in [0.2, 0.25) is 5.91 Å². The maximum absolute atomic E-state index is 12.6. The topological polar surface area (TPSA) is 72.5 Å². The van der Waals surface area contributed by atoms with Crippen molar-refractivity contribution >= 4 is 45.1 Å². The van der Waals surface area contributed by atoms with Crippen LogP contribution in [-0.4, -0.2) is 5.91 Å². The fourth-order valence-corrected chi connectivity index (χ4v) is 3.83. The number of furan rings is 1. The molecule has 0 saturated carbocycles. The van der Waals surface area contributed by atoms with Gasteiger partial charge in [0.1, 0.15) is 16.9 Å². The van der Waals surface area contributed by atoms with Crippen molar-refractivity contribution in [1.29, 1.82) is 0 Å². The van der Waals surface area contributed by atoms with E-state index in [1.54, 1.807) is 18.2 Å². The highest BCUT2D eigenvalue weighted by atomic mass is 35.5. The number of benzene rings is 2. The Bertz CT molecular complexity index is 1360. The summed E-state index contributed by atoms with van der Waals surface area (Å²) in [6.07, 6.45) is 0.450. The molecule has 0 bridgehead atoms. The second-order valence-electron chi connectivity index (χ2n) is 7.63. The number of hydrogen-bond acceptors (Lipinski definition) is 4. The fourth-order valence-electron chi connectivity index (χ4n) is 3.65. The number of carbonyl (C=O) groups excluding carboxylic acids is 1. The molecule has 0 spiro atoms. The first kappa shape index (κ1) is 20.2. The highest BCUT2D eigenvalue weighted by Crippen LogP contribution is 2.31. The normalized spacial score (nSPS) is 11.4. The van der Waals surface area contributed by atoms with Crippen LogP contribution in [0.5, 0.6) is 0 Å². The zero-order chi connectivity index (χ0) is 21.6. The maximum Gasteiger partial charge on any atom is 0.339 e. The van der Waals surface area contributed by atoms with Gasteiger partial charge in [0.25, 0.3) is 0 Å². The number of nitrogens with one attached hydrogen (secondary N) is 1. The van der Waals surface area contributed by atoms with Gasteiger partial charge in [-0.2, -0.15) is 0 Å². The Morgan fingerprint density at radius 2 is 1.67 bits per heavy atom. The molecule has 0 aliphatic rings. The van der Waals surface area contributed by atoms with Crippen LogP contribution in [0.15, 0.2) is 44.0 Å². The lowest BCUT2D eigenvalue weighted by Crippen LogP contribution is -2.16. The monoisotopic (exact) mass is 423 g/mol. The Kier molecular flexibility index (Phi) is 5.16. The third-order valence-electron chi connectivity index (χ3n) is 5.64. The molecular formula is C24H22ClNO4. The lowest BCUT2D eigenvalue weighted by atomic mass is 10.0. The van der Waals surface area contributed by atoms with Crippen LogP contribution in [0.3, 0.4) is 0 Å². The molecule has 0 atom stereocenters. The summed E-state index contributed by atoms with van der Waals surface area (Å²) >= 11 is 6.11. The molecule has 0 saturated heterocycles. The summed E-state index contributed by atoms with van der Waals surface area (Å²) in [5, 5.41) is 5.27. The Morgan fingerprint density at radius 3 is 2.40 bits per heavy atom.